The van der Waals surface area contributed by atoms with E-state index >= 15 is 0 Å². The molecule has 1 atom stereocenters. The molecule has 170 valence electrons. The Balaban J connectivity index is 1.33. The number of hydrogen-bond donors (Lipinski definition) is 1. The Bertz CT molecular complexity index is 1440. The Kier molecular flexibility index (Phi) is 6.18. The summed E-state index contributed by atoms with van der Waals surface area (Å²) < 4.78 is 7.44. The topological polar surface area (TPSA) is 72.9 Å². The third-order valence-electron chi connectivity index (χ3n) is 5.73. The van der Waals surface area contributed by atoms with Crippen molar-refractivity contribution in [1.82, 2.24) is 20.1 Å². The molecule has 0 spiro atoms. The Morgan fingerprint density at radius 2 is 1.76 bits per heavy atom. The number of benzene rings is 3. The fraction of sp³-hybridized carbons (Fsp3) is 0.148. The van der Waals surface area contributed by atoms with Gasteiger partial charge in [0.05, 0.1) is 23.6 Å². The molecule has 3 aromatic carbocycles. The summed E-state index contributed by atoms with van der Waals surface area (Å²) in [6, 6.07) is 26.1. The second kappa shape index (κ2) is 9.57. The number of carbonyl (C=O) groups is 1. The molecule has 0 aliphatic carbocycles. The number of aryl methyl sites for hydroxylation is 1. The highest BCUT2D eigenvalue weighted by Gasteiger charge is 2.20. The van der Waals surface area contributed by atoms with Gasteiger partial charge in [-0.05, 0) is 54.4 Å². The van der Waals surface area contributed by atoms with Crippen LogP contribution in [0, 0.1) is 6.92 Å². The summed E-state index contributed by atoms with van der Waals surface area (Å²) in [5, 5.41) is 14.9. The average Bonchev–Trinajstić information content (AvgIpc) is 3.48. The Morgan fingerprint density at radius 3 is 2.53 bits per heavy atom. The molecule has 1 unspecified atom stereocenters. The van der Waals surface area contributed by atoms with Crippen molar-refractivity contribution < 1.29 is 9.21 Å². The summed E-state index contributed by atoms with van der Waals surface area (Å²) in [5.41, 5.74) is 2.87. The van der Waals surface area contributed by atoms with Crippen LogP contribution in [0.15, 0.2) is 94.7 Å². The third kappa shape index (κ3) is 4.47. The number of aromatic nitrogens is 3. The highest BCUT2D eigenvalue weighted by Crippen LogP contribution is 2.30. The first-order chi connectivity index (χ1) is 16.6. The molecule has 0 aliphatic heterocycles. The van der Waals surface area contributed by atoms with Gasteiger partial charge in [0.25, 0.3) is 0 Å². The Morgan fingerprint density at radius 1 is 1.00 bits per heavy atom. The predicted octanol–water partition coefficient (Wildman–Crippen LogP) is 5.96. The van der Waals surface area contributed by atoms with Crippen LogP contribution in [0.25, 0.3) is 27.8 Å². The van der Waals surface area contributed by atoms with Crippen LogP contribution in [-0.2, 0) is 4.79 Å². The quantitative estimate of drug-likeness (QED) is 0.299. The van der Waals surface area contributed by atoms with E-state index < -0.39 is 0 Å². The number of amides is 1. The lowest BCUT2D eigenvalue weighted by atomic mass is 10.0. The normalized spacial score (nSPS) is 12.1. The summed E-state index contributed by atoms with van der Waals surface area (Å²) in [7, 11) is 0. The van der Waals surface area contributed by atoms with Crippen molar-refractivity contribution in [3.8, 4) is 17.1 Å². The molecule has 0 bridgehead atoms. The maximum atomic E-state index is 12.8. The van der Waals surface area contributed by atoms with Gasteiger partial charge in [0, 0.05) is 5.69 Å². The van der Waals surface area contributed by atoms with E-state index in [1.54, 1.807) is 6.26 Å². The van der Waals surface area contributed by atoms with Crippen molar-refractivity contribution in [3.63, 3.8) is 0 Å². The van der Waals surface area contributed by atoms with Crippen LogP contribution in [0.3, 0.4) is 0 Å². The van der Waals surface area contributed by atoms with Gasteiger partial charge in [-0.3, -0.25) is 9.36 Å². The molecule has 1 N–H and O–H groups in total. The minimum absolute atomic E-state index is 0.0608. The monoisotopic (exact) mass is 468 g/mol. The summed E-state index contributed by atoms with van der Waals surface area (Å²) >= 11 is 1.36. The van der Waals surface area contributed by atoms with E-state index in [4.69, 9.17) is 4.42 Å². The van der Waals surface area contributed by atoms with Crippen LogP contribution in [0.1, 0.15) is 24.3 Å². The SMILES string of the molecule is Cc1occc1-c1nnc(SCC(=O)NC(C)c2ccc3ccccc3c2)n1-c1ccccc1. The number of rotatable bonds is 7. The molecular weight excluding hydrogens is 444 g/mol. The molecule has 0 saturated carbocycles. The van der Waals surface area contributed by atoms with Gasteiger partial charge in [-0.2, -0.15) is 0 Å². The van der Waals surface area contributed by atoms with Crippen LogP contribution < -0.4 is 5.32 Å². The number of carbonyl (C=O) groups excluding carboxylic acids is 1. The molecule has 0 saturated heterocycles. The molecule has 7 heteroatoms. The number of fused-ring (bicyclic) bond motifs is 1. The molecular formula is C27H24N4O2S. The number of para-hydroxylation sites is 1. The second-order valence-electron chi connectivity index (χ2n) is 8.05. The molecule has 2 aromatic heterocycles. The largest absolute Gasteiger partial charge is 0.469 e. The third-order valence-corrected chi connectivity index (χ3v) is 6.66. The fourth-order valence-corrected chi connectivity index (χ4v) is 4.70. The van der Waals surface area contributed by atoms with E-state index in [2.05, 4.69) is 45.8 Å². The van der Waals surface area contributed by atoms with Gasteiger partial charge in [-0.25, -0.2) is 0 Å². The first-order valence-corrected chi connectivity index (χ1v) is 12.0. The van der Waals surface area contributed by atoms with Crippen molar-refractivity contribution in [2.45, 2.75) is 25.0 Å². The van der Waals surface area contributed by atoms with Crippen molar-refractivity contribution in [1.29, 1.82) is 0 Å². The first kappa shape index (κ1) is 22.0. The van der Waals surface area contributed by atoms with Gasteiger partial charge < -0.3 is 9.73 Å². The zero-order chi connectivity index (χ0) is 23.5. The average molecular weight is 469 g/mol. The van der Waals surface area contributed by atoms with E-state index in [9.17, 15) is 4.79 Å². The minimum Gasteiger partial charge on any atom is -0.469 e. The summed E-state index contributed by atoms with van der Waals surface area (Å²) in [6.07, 6.45) is 1.64. The lowest BCUT2D eigenvalue weighted by Crippen LogP contribution is -2.28. The van der Waals surface area contributed by atoms with Crippen LogP contribution in [0.5, 0.6) is 0 Å². The predicted molar refractivity (Wildman–Crippen MR) is 135 cm³/mol. The molecule has 0 aliphatic rings. The zero-order valence-electron chi connectivity index (χ0n) is 18.9. The standard InChI is InChI=1S/C27H24N4O2S/c1-18(21-13-12-20-8-6-7-9-22(20)16-21)28-25(32)17-34-27-30-29-26(24-14-15-33-19(24)2)31(27)23-10-4-3-5-11-23/h3-16,18H,17H2,1-2H3,(H,28,32). The van der Waals surface area contributed by atoms with E-state index in [0.717, 1.165) is 28.0 Å². The van der Waals surface area contributed by atoms with E-state index in [1.165, 1.54) is 17.1 Å². The zero-order valence-corrected chi connectivity index (χ0v) is 19.8. The molecule has 6 nitrogen and oxygen atoms in total. The highest BCUT2D eigenvalue weighted by atomic mass is 32.2. The lowest BCUT2D eigenvalue weighted by molar-refractivity contribution is -0.119. The van der Waals surface area contributed by atoms with Crippen LogP contribution in [-0.4, -0.2) is 26.4 Å². The Hall–Kier alpha value is -3.84. The van der Waals surface area contributed by atoms with E-state index in [0.29, 0.717) is 11.0 Å². The van der Waals surface area contributed by atoms with E-state index in [-0.39, 0.29) is 17.7 Å². The van der Waals surface area contributed by atoms with E-state index in [1.807, 2.05) is 66.9 Å². The number of furan rings is 1. The smallest absolute Gasteiger partial charge is 0.230 e. The molecule has 34 heavy (non-hydrogen) atoms. The first-order valence-electron chi connectivity index (χ1n) is 11.1. The van der Waals surface area contributed by atoms with Crippen molar-refractivity contribution in [2.24, 2.45) is 0 Å². The molecule has 5 rings (SSSR count). The lowest BCUT2D eigenvalue weighted by Gasteiger charge is -2.15. The summed E-state index contributed by atoms with van der Waals surface area (Å²) in [5.74, 6) is 1.62. The maximum Gasteiger partial charge on any atom is 0.230 e. The van der Waals surface area contributed by atoms with Crippen LogP contribution in [0.2, 0.25) is 0 Å². The van der Waals surface area contributed by atoms with Gasteiger partial charge in [0.1, 0.15) is 5.76 Å². The minimum atomic E-state index is -0.103. The maximum absolute atomic E-state index is 12.8. The number of hydrogen-bond acceptors (Lipinski definition) is 5. The molecule has 1 amide bonds. The fourth-order valence-electron chi connectivity index (χ4n) is 3.94. The Labute approximate surface area is 202 Å². The van der Waals surface area contributed by atoms with Gasteiger partial charge in [-0.1, -0.05) is 66.4 Å². The molecule has 5 aromatic rings. The molecule has 2 heterocycles. The number of nitrogens with zero attached hydrogens (tertiary/aromatic N) is 3. The second-order valence-corrected chi connectivity index (χ2v) is 8.99. The molecule has 0 radical (unpaired) electrons. The van der Waals surface area contributed by atoms with Crippen molar-refractivity contribution >= 4 is 28.4 Å². The number of nitrogens with one attached hydrogen (secondary N) is 1. The van der Waals surface area contributed by atoms with Gasteiger partial charge >= 0.3 is 0 Å². The van der Waals surface area contributed by atoms with Crippen molar-refractivity contribution in [2.75, 3.05) is 5.75 Å². The van der Waals surface area contributed by atoms with Crippen molar-refractivity contribution in [3.05, 3.63) is 96.4 Å². The van der Waals surface area contributed by atoms with Crippen LogP contribution >= 0.6 is 11.8 Å². The summed E-state index contributed by atoms with van der Waals surface area (Å²) in [4.78, 5) is 12.8. The highest BCUT2D eigenvalue weighted by molar-refractivity contribution is 7.99. The van der Waals surface area contributed by atoms with Gasteiger partial charge in [0.15, 0.2) is 11.0 Å². The molecule has 0 fully saturated rings. The van der Waals surface area contributed by atoms with Gasteiger partial charge in [0.2, 0.25) is 5.91 Å². The number of thioether (sulfide) groups is 1. The van der Waals surface area contributed by atoms with Crippen LogP contribution in [0.4, 0.5) is 0 Å². The summed E-state index contributed by atoms with van der Waals surface area (Å²) in [6.45, 7) is 3.90. The van der Waals surface area contributed by atoms with Gasteiger partial charge in [-0.15, -0.1) is 10.2 Å².